The second kappa shape index (κ2) is 6.00. The molecule has 0 spiro atoms. The lowest BCUT2D eigenvalue weighted by Crippen LogP contribution is -2.26. The Kier molecular flexibility index (Phi) is 4.50. The Morgan fingerprint density at radius 2 is 2.19 bits per heavy atom. The number of nitrogens with one attached hydrogen (secondary N) is 1. The van der Waals surface area contributed by atoms with Crippen LogP contribution in [-0.2, 0) is 17.1 Å². The van der Waals surface area contributed by atoms with Gasteiger partial charge in [0.1, 0.15) is 16.8 Å². The number of aliphatic hydroxyl groups excluding tert-OH is 1. The van der Waals surface area contributed by atoms with Crippen molar-refractivity contribution in [3.63, 3.8) is 0 Å². The summed E-state index contributed by atoms with van der Waals surface area (Å²) < 4.78 is 33.6. The molecule has 1 unspecified atom stereocenters. The molecule has 0 aliphatic heterocycles. The topological polar surface area (TPSA) is 97.4 Å². The first kappa shape index (κ1) is 15.7. The summed E-state index contributed by atoms with van der Waals surface area (Å²) in [6.07, 6.45) is 0.856. The molecule has 1 atom stereocenters. The molecular formula is C13H19N3O4S. The van der Waals surface area contributed by atoms with Crippen molar-refractivity contribution in [3.05, 3.63) is 35.5 Å². The molecule has 0 aliphatic rings. The van der Waals surface area contributed by atoms with Crippen molar-refractivity contribution in [2.45, 2.75) is 31.3 Å². The van der Waals surface area contributed by atoms with Gasteiger partial charge >= 0.3 is 0 Å². The average Bonchev–Trinajstić information content (AvgIpc) is 2.98. The summed E-state index contributed by atoms with van der Waals surface area (Å²) in [5, 5.41) is 13.9. The minimum atomic E-state index is -3.64. The second-order valence-corrected chi connectivity index (χ2v) is 6.55. The maximum atomic E-state index is 12.3. The Labute approximate surface area is 123 Å². The molecule has 0 radical (unpaired) electrons. The fraction of sp³-hybridized carbons (Fsp3) is 0.462. The highest BCUT2D eigenvalue weighted by atomic mass is 32.2. The quantitative estimate of drug-likeness (QED) is 0.830. The number of aliphatic hydroxyl groups is 1. The maximum absolute atomic E-state index is 12.3. The van der Waals surface area contributed by atoms with Gasteiger partial charge in [-0.05, 0) is 32.4 Å². The zero-order valence-electron chi connectivity index (χ0n) is 12.2. The van der Waals surface area contributed by atoms with Gasteiger partial charge in [0.05, 0.1) is 17.7 Å². The molecule has 2 aromatic rings. The van der Waals surface area contributed by atoms with E-state index in [1.54, 1.807) is 33.0 Å². The van der Waals surface area contributed by atoms with Crippen molar-refractivity contribution in [2.24, 2.45) is 7.05 Å². The molecular weight excluding hydrogens is 294 g/mol. The zero-order valence-corrected chi connectivity index (χ0v) is 13.0. The molecule has 7 nitrogen and oxygen atoms in total. The van der Waals surface area contributed by atoms with Gasteiger partial charge in [-0.2, -0.15) is 5.10 Å². The highest BCUT2D eigenvalue weighted by Crippen LogP contribution is 2.19. The van der Waals surface area contributed by atoms with Crippen LogP contribution in [0.3, 0.4) is 0 Å². The molecule has 0 amide bonds. The van der Waals surface area contributed by atoms with E-state index in [9.17, 15) is 13.5 Å². The van der Waals surface area contributed by atoms with E-state index < -0.39 is 16.1 Å². The highest BCUT2D eigenvalue weighted by molar-refractivity contribution is 7.89. The van der Waals surface area contributed by atoms with E-state index >= 15 is 0 Å². The number of hydrogen-bond acceptors (Lipinski definition) is 5. The number of aromatic nitrogens is 2. The van der Waals surface area contributed by atoms with Crippen LogP contribution >= 0.6 is 0 Å². The first-order chi connectivity index (χ1) is 9.83. The van der Waals surface area contributed by atoms with Crippen molar-refractivity contribution in [1.29, 1.82) is 0 Å². The smallest absolute Gasteiger partial charge is 0.244 e. The van der Waals surface area contributed by atoms with Gasteiger partial charge in [0.2, 0.25) is 10.0 Å². The van der Waals surface area contributed by atoms with Crippen molar-refractivity contribution < 1.29 is 17.9 Å². The van der Waals surface area contributed by atoms with E-state index in [0.29, 0.717) is 17.1 Å². The average molecular weight is 313 g/mol. The molecule has 0 aromatic carbocycles. The lowest BCUT2D eigenvalue weighted by Gasteiger charge is -2.10. The van der Waals surface area contributed by atoms with Gasteiger partial charge in [-0.15, -0.1) is 0 Å². The lowest BCUT2D eigenvalue weighted by molar-refractivity contribution is 0.142. The van der Waals surface area contributed by atoms with Crippen molar-refractivity contribution >= 4 is 10.0 Å². The maximum Gasteiger partial charge on any atom is 0.244 e. The van der Waals surface area contributed by atoms with E-state index in [4.69, 9.17) is 4.42 Å². The van der Waals surface area contributed by atoms with Crippen molar-refractivity contribution in [2.75, 3.05) is 6.54 Å². The lowest BCUT2D eigenvalue weighted by atomic mass is 10.2. The number of sulfonamides is 1. The standard InChI is InChI=1S/C13H19N3O4S/c1-9-13(10(2)16(3)15-9)21(18,19)14-7-6-11(17)12-5-4-8-20-12/h4-5,8,11,14,17H,6-7H2,1-3H3. The van der Waals surface area contributed by atoms with Gasteiger partial charge in [-0.1, -0.05) is 0 Å². The fourth-order valence-corrected chi connectivity index (χ4v) is 3.65. The Morgan fingerprint density at radius 1 is 1.48 bits per heavy atom. The molecule has 0 saturated heterocycles. The predicted molar refractivity (Wildman–Crippen MR) is 76.2 cm³/mol. The van der Waals surface area contributed by atoms with Gasteiger partial charge in [0.25, 0.3) is 0 Å². The van der Waals surface area contributed by atoms with Crippen LogP contribution in [0.5, 0.6) is 0 Å². The van der Waals surface area contributed by atoms with E-state index in [0.717, 1.165) is 0 Å². The van der Waals surface area contributed by atoms with Crippen LogP contribution in [0.15, 0.2) is 27.7 Å². The third-order valence-electron chi connectivity index (χ3n) is 3.29. The van der Waals surface area contributed by atoms with Gasteiger partial charge in [-0.25, -0.2) is 13.1 Å². The predicted octanol–water partition coefficient (Wildman–Crippen LogP) is 1.03. The summed E-state index contributed by atoms with van der Waals surface area (Å²) in [6.45, 7) is 3.46. The molecule has 116 valence electrons. The first-order valence-corrected chi connectivity index (χ1v) is 8.02. The number of furan rings is 1. The van der Waals surface area contributed by atoms with Crippen LogP contribution in [0.25, 0.3) is 0 Å². The van der Waals surface area contributed by atoms with Gasteiger partial charge in [-0.3, -0.25) is 4.68 Å². The summed E-state index contributed by atoms with van der Waals surface area (Å²) in [5.74, 6) is 0.419. The monoisotopic (exact) mass is 313 g/mol. The molecule has 0 aliphatic carbocycles. The number of aryl methyl sites for hydroxylation is 2. The molecule has 2 rings (SSSR count). The Bertz CT molecular complexity index is 704. The number of hydrogen-bond donors (Lipinski definition) is 2. The summed E-state index contributed by atoms with van der Waals surface area (Å²) >= 11 is 0. The summed E-state index contributed by atoms with van der Waals surface area (Å²) in [6, 6.07) is 3.32. The SMILES string of the molecule is Cc1nn(C)c(C)c1S(=O)(=O)NCCC(O)c1ccco1. The minimum absolute atomic E-state index is 0.109. The van der Waals surface area contributed by atoms with E-state index in [2.05, 4.69) is 9.82 Å². The van der Waals surface area contributed by atoms with Gasteiger partial charge in [0.15, 0.2) is 0 Å². The van der Waals surface area contributed by atoms with Gasteiger partial charge < -0.3 is 9.52 Å². The van der Waals surface area contributed by atoms with Crippen LogP contribution in [0.1, 0.15) is 29.7 Å². The summed E-state index contributed by atoms with van der Waals surface area (Å²) in [5.41, 5.74) is 1.03. The van der Waals surface area contributed by atoms with E-state index in [1.165, 1.54) is 10.9 Å². The third kappa shape index (κ3) is 3.34. The molecule has 2 N–H and O–H groups in total. The van der Waals surface area contributed by atoms with Crippen LogP contribution in [0, 0.1) is 13.8 Å². The summed E-state index contributed by atoms with van der Waals surface area (Å²) in [7, 11) is -1.94. The van der Waals surface area contributed by atoms with Crippen molar-refractivity contribution in [3.8, 4) is 0 Å². The molecule has 0 fully saturated rings. The third-order valence-corrected chi connectivity index (χ3v) is 5.01. The van der Waals surface area contributed by atoms with E-state index in [1.807, 2.05) is 0 Å². The molecule has 8 heteroatoms. The second-order valence-electron chi connectivity index (χ2n) is 4.84. The van der Waals surface area contributed by atoms with Crippen molar-refractivity contribution in [1.82, 2.24) is 14.5 Å². The summed E-state index contributed by atoms with van der Waals surface area (Å²) in [4.78, 5) is 0.192. The van der Waals surface area contributed by atoms with Crippen LogP contribution in [-0.4, -0.2) is 29.8 Å². The Balaban J connectivity index is 2.02. The number of rotatable bonds is 6. The minimum Gasteiger partial charge on any atom is -0.467 e. The van der Waals surface area contributed by atoms with Gasteiger partial charge in [0, 0.05) is 13.6 Å². The zero-order chi connectivity index (χ0) is 15.6. The molecule has 0 bridgehead atoms. The largest absolute Gasteiger partial charge is 0.467 e. The fourth-order valence-electron chi connectivity index (χ4n) is 2.17. The molecule has 21 heavy (non-hydrogen) atoms. The molecule has 2 heterocycles. The molecule has 2 aromatic heterocycles. The molecule has 0 saturated carbocycles. The Hall–Kier alpha value is -1.64. The van der Waals surface area contributed by atoms with E-state index in [-0.39, 0.29) is 17.9 Å². The normalized spacial score (nSPS) is 13.5. The van der Waals surface area contributed by atoms with Crippen LogP contribution in [0.4, 0.5) is 0 Å². The van der Waals surface area contributed by atoms with Crippen LogP contribution < -0.4 is 4.72 Å². The Morgan fingerprint density at radius 3 is 2.71 bits per heavy atom. The highest BCUT2D eigenvalue weighted by Gasteiger charge is 2.23. The van der Waals surface area contributed by atoms with Crippen LogP contribution in [0.2, 0.25) is 0 Å². The number of nitrogens with zero attached hydrogens (tertiary/aromatic N) is 2. The first-order valence-electron chi connectivity index (χ1n) is 6.54.